The zero-order valence-corrected chi connectivity index (χ0v) is 9.30. The van der Waals surface area contributed by atoms with Crippen LogP contribution >= 0.6 is 0 Å². The Morgan fingerprint density at radius 2 is 2.00 bits per heavy atom. The molecular formula is C12H14N2O3. The maximum Gasteiger partial charge on any atom is 0.322 e. The second-order valence-corrected chi connectivity index (χ2v) is 4.00. The molecule has 1 heterocycles. The highest BCUT2D eigenvalue weighted by molar-refractivity contribution is 5.94. The highest BCUT2D eigenvalue weighted by Gasteiger charge is 2.31. The number of carboxylic acid groups (broad SMARTS) is 1. The minimum atomic E-state index is -0.893. The molecule has 90 valence electrons. The third kappa shape index (κ3) is 2.62. The lowest BCUT2D eigenvalue weighted by Gasteiger charge is -2.21. The Labute approximate surface area is 99.0 Å². The number of carbonyl (C=O) groups is 2. The Balaban J connectivity index is 2.02. The third-order valence-corrected chi connectivity index (χ3v) is 2.82. The molecule has 0 unspecified atom stereocenters. The maximum absolute atomic E-state index is 11.8. The first-order chi connectivity index (χ1) is 8.18. The van der Waals surface area contributed by atoms with Gasteiger partial charge >= 0.3 is 5.97 Å². The average molecular weight is 234 g/mol. The van der Waals surface area contributed by atoms with Crippen LogP contribution in [0.25, 0.3) is 0 Å². The maximum atomic E-state index is 11.8. The van der Waals surface area contributed by atoms with Gasteiger partial charge in [-0.15, -0.1) is 0 Å². The summed E-state index contributed by atoms with van der Waals surface area (Å²) in [5, 5.41) is 10.5. The van der Waals surface area contributed by atoms with Crippen LogP contribution in [-0.4, -0.2) is 34.6 Å². The van der Waals surface area contributed by atoms with Crippen molar-refractivity contribution in [2.45, 2.75) is 18.9 Å². The van der Waals surface area contributed by atoms with E-state index in [2.05, 4.69) is 5.43 Å². The summed E-state index contributed by atoms with van der Waals surface area (Å²) in [6.45, 7) is 0.579. The van der Waals surface area contributed by atoms with Gasteiger partial charge in [0.2, 0.25) is 0 Å². The van der Waals surface area contributed by atoms with Gasteiger partial charge in [0.05, 0.1) is 0 Å². The molecule has 0 aromatic heterocycles. The molecule has 0 aliphatic carbocycles. The second-order valence-electron chi connectivity index (χ2n) is 4.00. The molecule has 1 fully saturated rings. The number of amides is 1. The average Bonchev–Trinajstić information content (AvgIpc) is 2.78. The van der Waals surface area contributed by atoms with Crippen LogP contribution in [-0.2, 0) is 4.79 Å². The van der Waals surface area contributed by atoms with Gasteiger partial charge < -0.3 is 5.11 Å². The van der Waals surface area contributed by atoms with Crippen molar-refractivity contribution in [2.24, 2.45) is 0 Å². The van der Waals surface area contributed by atoms with Crippen molar-refractivity contribution in [2.75, 3.05) is 6.54 Å². The standard InChI is InChI=1S/C12H14N2O3/c15-11(9-5-2-1-3-6-9)13-14-8-4-7-10(14)12(16)17/h1-3,5-6,10H,4,7-8H2,(H,13,15)(H,16,17)/t10-/m0/s1. The van der Waals surface area contributed by atoms with Crippen LogP contribution in [0.2, 0.25) is 0 Å². The molecule has 0 spiro atoms. The van der Waals surface area contributed by atoms with Crippen LogP contribution in [0.5, 0.6) is 0 Å². The van der Waals surface area contributed by atoms with E-state index in [0.29, 0.717) is 18.5 Å². The SMILES string of the molecule is O=C(NN1CCC[C@H]1C(=O)O)c1ccccc1. The zero-order chi connectivity index (χ0) is 12.3. The molecule has 0 bridgehead atoms. The van der Waals surface area contributed by atoms with Crippen molar-refractivity contribution in [3.8, 4) is 0 Å². The van der Waals surface area contributed by atoms with Crippen molar-refractivity contribution < 1.29 is 14.7 Å². The second kappa shape index (κ2) is 4.97. The first-order valence-electron chi connectivity index (χ1n) is 5.54. The van der Waals surface area contributed by atoms with E-state index in [1.54, 1.807) is 24.3 Å². The smallest absolute Gasteiger partial charge is 0.322 e. The molecule has 1 aromatic rings. The molecule has 5 heteroatoms. The Morgan fingerprint density at radius 3 is 2.65 bits per heavy atom. The molecule has 0 radical (unpaired) electrons. The van der Waals surface area contributed by atoms with Crippen LogP contribution in [0.4, 0.5) is 0 Å². The number of nitrogens with one attached hydrogen (secondary N) is 1. The van der Waals surface area contributed by atoms with Crippen molar-refractivity contribution in [3.05, 3.63) is 35.9 Å². The summed E-state index contributed by atoms with van der Waals surface area (Å²) in [4.78, 5) is 22.8. The summed E-state index contributed by atoms with van der Waals surface area (Å²) in [5.74, 6) is -1.16. The summed E-state index contributed by atoms with van der Waals surface area (Å²) in [6, 6.07) is 8.15. The van der Waals surface area contributed by atoms with Crippen LogP contribution in [0.3, 0.4) is 0 Å². The lowest BCUT2D eigenvalue weighted by atomic mass is 10.2. The Morgan fingerprint density at radius 1 is 1.29 bits per heavy atom. The van der Waals surface area contributed by atoms with Gasteiger partial charge in [-0.3, -0.25) is 15.0 Å². The van der Waals surface area contributed by atoms with Crippen LogP contribution < -0.4 is 5.43 Å². The molecule has 17 heavy (non-hydrogen) atoms. The minimum absolute atomic E-state index is 0.265. The molecule has 5 nitrogen and oxygen atoms in total. The number of benzene rings is 1. The summed E-state index contributed by atoms with van der Waals surface area (Å²) in [5.41, 5.74) is 3.17. The van der Waals surface area contributed by atoms with E-state index in [0.717, 1.165) is 6.42 Å². The summed E-state index contributed by atoms with van der Waals surface area (Å²) < 4.78 is 0. The summed E-state index contributed by atoms with van der Waals surface area (Å²) >= 11 is 0. The van der Waals surface area contributed by atoms with E-state index < -0.39 is 12.0 Å². The highest BCUT2D eigenvalue weighted by Crippen LogP contribution is 2.15. The number of hydrazine groups is 1. The number of hydrogen-bond acceptors (Lipinski definition) is 3. The lowest BCUT2D eigenvalue weighted by molar-refractivity contribution is -0.142. The molecule has 2 rings (SSSR count). The van der Waals surface area contributed by atoms with Gasteiger partial charge in [0.15, 0.2) is 0 Å². The van der Waals surface area contributed by atoms with Gasteiger partial charge in [-0.25, -0.2) is 5.01 Å². The fourth-order valence-corrected chi connectivity index (χ4v) is 1.94. The van der Waals surface area contributed by atoms with Crippen LogP contribution in [0.1, 0.15) is 23.2 Å². The molecule has 1 aliphatic heterocycles. The third-order valence-electron chi connectivity index (χ3n) is 2.82. The number of nitrogens with zero attached hydrogens (tertiary/aromatic N) is 1. The fourth-order valence-electron chi connectivity index (χ4n) is 1.94. The summed E-state index contributed by atoms with van der Waals surface area (Å²) in [7, 11) is 0. The number of carboxylic acids is 1. The van der Waals surface area contributed by atoms with E-state index in [1.165, 1.54) is 5.01 Å². The zero-order valence-electron chi connectivity index (χ0n) is 9.30. The largest absolute Gasteiger partial charge is 0.480 e. The van der Waals surface area contributed by atoms with Crippen molar-refractivity contribution in [1.82, 2.24) is 10.4 Å². The lowest BCUT2D eigenvalue weighted by Crippen LogP contribution is -2.48. The quantitative estimate of drug-likeness (QED) is 0.814. The first-order valence-corrected chi connectivity index (χ1v) is 5.54. The molecular weight excluding hydrogens is 220 g/mol. The van der Waals surface area contributed by atoms with Gasteiger partial charge in [0.1, 0.15) is 6.04 Å². The van der Waals surface area contributed by atoms with Gasteiger partial charge in [-0.2, -0.15) is 0 Å². The molecule has 1 aliphatic rings. The number of aliphatic carboxylic acids is 1. The van der Waals surface area contributed by atoms with E-state index >= 15 is 0 Å². The molecule has 1 atom stereocenters. The normalized spacial score (nSPS) is 20.1. The molecule has 0 saturated carbocycles. The number of carbonyl (C=O) groups excluding carboxylic acids is 1. The highest BCUT2D eigenvalue weighted by atomic mass is 16.4. The fraction of sp³-hybridized carbons (Fsp3) is 0.333. The molecule has 1 aromatic carbocycles. The van der Waals surface area contributed by atoms with E-state index in [4.69, 9.17) is 5.11 Å². The van der Waals surface area contributed by atoms with Gasteiger partial charge in [0.25, 0.3) is 5.91 Å². The van der Waals surface area contributed by atoms with Crippen molar-refractivity contribution >= 4 is 11.9 Å². The van der Waals surface area contributed by atoms with E-state index in [9.17, 15) is 9.59 Å². The Kier molecular flexibility index (Phi) is 3.39. The van der Waals surface area contributed by atoms with Crippen molar-refractivity contribution in [1.29, 1.82) is 0 Å². The minimum Gasteiger partial charge on any atom is -0.480 e. The first kappa shape index (κ1) is 11.6. The topological polar surface area (TPSA) is 69.6 Å². The van der Waals surface area contributed by atoms with Gasteiger partial charge in [-0.1, -0.05) is 18.2 Å². The molecule has 2 N–H and O–H groups in total. The Bertz CT molecular complexity index is 419. The van der Waals surface area contributed by atoms with E-state index in [-0.39, 0.29) is 5.91 Å². The van der Waals surface area contributed by atoms with Crippen LogP contribution in [0, 0.1) is 0 Å². The predicted octanol–water partition coefficient (Wildman–Crippen LogP) is 0.880. The van der Waals surface area contributed by atoms with Crippen LogP contribution in [0.15, 0.2) is 30.3 Å². The van der Waals surface area contributed by atoms with Gasteiger partial charge in [0, 0.05) is 12.1 Å². The molecule has 1 amide bonds. The monoisotopic (exact) mass is 234 g/mol. The van der Waals surface area contributed by atoms with Gasteiger partial charge in [-0.05, 0) is 25.0 Å². The van der Waals surface area contributed by atoms with E-state index in [1.807, 2.05) is 6.07 Å². The number of hydrogen-bond donors (Lipinski definition) is 2. The predicted molar refractivity (Wildman–Crippen MR) is 61.3 cm³/mol. The molecule has 1 saturated heterocycles. The summed E-state index contributed by atoms with van der Waals surface area (Å²) in [6.07, 6.45) is 1.36. The van der Waals surface area contributed by atoms with Crippen molar-refractivity contribution in [3.63, 3.8) is 0 Å². The number of rotatable bonds is 3. The Hall–Kier alpha value is -1.88.